The molecular weight excluding hydrogens is 396 g/mol. The maximum Gasteiger partial charge on any atom is 0.293 e. The lowest BCUT2D eigenvalue weighted by atomic mass is 10.1. The zero-order chi connectivity index (χ0) is 20.9. The standard InChI is InChI=1S/C19H22N4O5S/c24-19(20-8-9-22-10-12-29(27,28)13-11-22)15-6-7-17(18(14-15)23(25)26)21-16-4-2-1-3-5-16/h1-7,14,21H,8-13H2,(H,20,24). The number of rotatable bonds is 7. The van der Waals surface area contributed by atoms with Crippen LogP contribution in [-0.4, -0.2) is 61.8 Å². The van der Waals surface area contributed by atoms with Crippen molar-refractivity contribution in [2.24, 2.45) is 0 Å². The number of nitrogens with one attached hydrogen (secondary N) is 2. The molecule has 2 N–H and O–H groups in total. The van der Waals surface area contributed by atoms with Crippen molar-refractivity contribution >= 4 is 32.8 Å². The highest BCUT2D eigenvalue weighted by atomic mass is 32.2. The summed E-state index contributed by atoms with van der Waals surface area (Å²) in [6, 6.07) is 13.3. The first-order valence-corrected chi connectivity index (χ1v) is 11.0. The van der Waals surface area contributed by atoms with Gasteiger partial charge in [-0.05, 0) is 24.3 Å². The van der Waals surface area contributed by atoms with E-state index in [1.54, 1.807) is 12.1 Å². The molecule has 1 saturated heterocycles. The lowest BCUT2D eigenvalue weighted by Gasteiger charge is -2.26. The predicted octanol–water partition coefficient (Wildman–Crippen LogP) is 1.80. The number of anilines is 2. The predicted molar refractivity (Wildman–Crippen MR) is 110 cm³/mol. The lowest BCUT2D eigenvalue weighted by Crippen LogP contribution is -2.43. The zero-order valence-corrected chi connectivity index (χ0v) is 16.5. The Morgan fingerprint density at radius 2 is 1.79 bits per heavy atom. The maximum atomic E-state index is 12.4. The first-order valence-electron chi connectivity index (χ1n) is 9.15. The van der Waals surface area contributed by atoms with Crippen LogP contribution in [0.3, 0.4) is 0 Å². The molecule has 2 aromatic carbocycles. The fourth-order valence-electron chi connectivity index (χ4n) is 3.01. The Morgan fingerprint density at radius 3 is 2.45 bits per heavy atom. The van der Waals surface area contributed by atoms with Crippen molar-refractivity contribution in [1.29, 1.82) is 0 Å². The number of nitro benzene ring substituents is 1. The number of sulfone groups is 1. The van der Waals surface area contributed by atoms with Gasteiger partial charge in [-0.3, -0.25) is 19.8 Å². The van der Waals surface area contributed by atoms with E-state index < -0.39 is 20.7 Å². The van der Waals surface area contributed by atoms with E-state index in [1.165, 1.54) is 18.2 Å². The van der Waals surface area contributed by atoms with E-state index in [0.29, 0.717) is 37.6 Å². The smallest absolute Gasteiger partial charge is 0.293 e. The van der Waals surface area contributed by atoms with E-state index in [4.69, 9.17) is 0 Å². The summed E-state index contributed by atoms with van der Waals surface area (Å²) in [6.07, 6.45) is 0. The van der Waals surface area contributed by atoms with Crippen molar-refractivity contribution in [1.82, 2.24) is 10.2 Å². The minimum absolute atomic E-state index is 0.128. The molecule has 154 valence electrons. The Kier molecular flexibility index (Phi) is 6.45. The Balaban J connectivity index is 1.60. The highest BCUT2D eigenvalue weighted by molar-refractivity contribution is 7.91. The molecule has 0 unspecified atom stereocenters. The minimum atomic E-state index is -2.94. The third kappa shape index (κ3) is 5.75. The van der Waals surface area contributed by atoms with Crippen LogP contribution >= 0.6 is 0 Å². The average molecular weight is 418 g/mol. The number of benzene rings is 2. The van der Waals surface area contributed by atoms with E-state index in [9.17, 15) is 23.3 Å². The van der Waals surface area contributed by atoms with Gasteiger partial charge in [0, 0.05) is 43.5 Å². The molecule has 0 atom stereocenters. The second kappa shape index (κ2) is 9.01. The van der Waals surface area contributed by atoms with Crippen molar-refractivity contribution < 1.29 is 18.1 Å². The molecule has 29 heavy (non-hydrogen) atoms. The van der Waals surface area contributed by atoms with Gasteiger partial charge >= 0.3 is 0 Å². The van der Waals surface area contributed by atoms with Crippen LogP contribution in [0.15, 0.2) is 48.5 Å². The Bertz CT molecular complexity index is 981. The van der Waals surface area contributed by atoms with Crippen molar-refractivity contribution in [3.05, 3.63) is 64.2 Å². The Labute approximate surface area is 168 Å². The van der Waals surface area contributed by atoms with E-state index >= 15 is 0 Å². The summed E-state index contributed by atoms with van der Waals surface area (Å²) in [7, 11) is -2.94. The monoisotopic (exact) mass is 418 g/mol. The molecule has 0 saturated carbocycles. The fraction of sp³-hybridized carbons (Fsp3) is 0.316. The molecule has 0 aliphatic carbocycles. The summed E-state index contributed by atoms with van der Waals surface area (Å²) in [4.78, 5) is 25.2. The molecule has 9 nitrogen and oxygen atoms in total. The van der Waals surface area contributed by atoms with Gasteiger partial charge in [0.15, 0.2) is 9.84 Å². The molecule has 1 heterocycles. The second-order valence-corrected chi connectivity index (χ2v) is 9.03. The molecule has 3 rings (SSSR count). The normalized spacial score (nSPS) is 16.1. The highest BCUT2D eigenvalue weighted by Gasteiger charge is 2.21. The maximum absolute atomic E-state index is 12.4. The van der Waals surface area contributed by atoms with Gasteiger partial charge in [0.05, 0.1) is 16.4 Å². The number of carbonyl (C=O) groups is 1. The number of carbonyl (C=O) groups excluding carboxylic acids is 1. The minimum Gasteiger partial charge on any atom is -0.351 e. The molecule has 1 fully saturated rings. The van der Waals surface area contributed by atoms with Gasteiger partial charge in [-0.15, -0.1) is 0 Å². The van der Waals surface area contributed by atoms with Gasteiger partial charge in [0.1, 0.15) is 5.69 Å². The number of para-hydroxylation sites is 1. The van der Waals surface area contributed by atoms with Gasteiger partial charge < -0.3 is 10.6 Å². The summed E-state index contributed by atoms with van der Waals surface area (Å²) < 4.78 is 22.9. The Morgan fingerprint density at radius 1 is 1.10 bits per heavy atom. The molecule has 1 aliphatic rings. The highest BCUT2D eigenvalue weighted by Crippen LogP contribution is 2.28. The summed E-state index contributed by atoms with van der Waals surface area (Å²) in [5.74, 6) is -0.157. The Hall–Kier alpha value is -2.98. The molecule has 0 radical (unpaired) electrons. The number of hydrogen-bond acceptors (Lipinski definition) is 7. The molecule has 1 aliphatic heterocycles. The van der Waals surface area contributed by atoms with E-state index in [1.807, 2.05) is 23.1 Å². The van der Waals surface area contributed by atoms with Crippen molar-refractivity contribution in [2.45, 2.75) is 0 Å². The first-order chi connectivity index (χ1) is 13.8. The van der Waals surface area contributed by atoms with Gasteiger partial charge in [-0.1, -0.05) is 18.2 Å². The molecule has 0 spiro atoms. The topological polar surface area (TPSA) is 122 Å². The van der Waals surface area contributed by atoms with Crippen LogP contribution in [-0.2, 0) is 9.84 Å². The van der Waals surface area contributed by atoms with Crippen LogP contribution in [0.5, 0.6) is 0 Å². The van der Waals surface area contributed by atoms with Crippen molar-refractivity contribution in [3.8, 4) is 0 Å². The molecule has 2 aromatic rings. The van der Waals surface area contributed by atoms with Crippen LogP contribution < -0.4 is 10.6 Å². The molecule has 0 bridgehead atoms. The average Bonchev–Trinajstić information content (AvgIpc) is 2.70. The second-order valence-electron chi connectivity index (χ2n) is 6.73. The van der Waals surface area contributed by atoms with Crippen LogP contribution in [0.1, 0.15) is 10.4 Å². The van der Waals surface area contributed by atoms with E-state index in [2.05, 4.69) is 10.6 Å². The SMILES string of the molecule is O=C(NCCN1CCS(=O)(=O)CC1)c1ccc(Nc2ccccc2)c([N+](=O)[O-])c1. The third-order valence-electron chi connectivity index (χ3n) is 4.66. The lowest BCUT2D eigenvalue weighted by molar-refractivity contribution is -0.383. The van der Waals surface area contributed by atoms with Crippen LogP contribution in [0.25, 0.3) is 0 Å². The molecule has 1 amide bonds. The summed E-state index contributed by atoms with van der Waals surface area (Å²) in [5, 5.41) is 17.2. The van der Waals surface area contributed by atoms with Gasteiger partial charge in [-0.25, -0.2) is 8.42 Å². The van der Waals surface area contributed by atoms with Crippen LogP contribution in [0.2, 0.25) is 0 Å². The fourth-order valence-corrected chi connectivity index (χ4v) is 4.29. The van der Waals surface area contributed by atoms with Crippen LogP contribution in [0, 0.1) is 10.1 Å². The third-order valence-corrected chi connectivity index (χ3v) is 6.27. The molecule has 0 aromatic heterocycles. The molecular formula is C19H22N4O5S. The number of nitro groups is 1. The largest absolute Gasteiger partial charge is 0.351 e. The summed E-state index contributed by atoms with van der Waals surface area (Å²) in [6.45, 7) is 1.75. The number of nitrogens with zero attached hydrogens (tertiary/aromatic N) is 2. The van der Waals surface area contributed by atoms with Crippen LogP contribution in [0.4, 0.5) is 17.1 Å². The van der Waals surface area contributed by atoms with E-state index in [-0.39, 0.29) is 22.8 Å². The quantitative estimate of drug-likeness (QED) is 0.519. The van der Waals surface area contributed by atoms with Gasteiger partial charge in [-0.2, -0.15) is 0 Å². The first kappa shape index (κ1) is 20.7. The zero-order valence-electron chi connectivity index (χ0n) is 15.7. The van der Waals surface area contributed by atoms with Crippen molar-refractivity contribution in [2.75, 3.05) is 43.0 Å². The number of amides is 1. The van der Waals surface area contributed by atoms with E-state index in [0.717, 1.165) is 0 Å². The van der Waals surface area contributed by atoms with Gasteiger partial charge in [0.25, 0.3) is 11.6 Å². The number of hydrogen-bond donors (Lipinski definition) is 2. The molecule has 10 heteroatoms. The van der Waals surface area contributed by atoms with Crippen molar-refractivity contribution in [3.63, 3.8) is 0 Å². The summed E-state index contributed by atoms with van der Waals surface area (Å²) >= 11 is 0. The summed E-state index contributed by atoms with van der Waals surface area (Å²) in [5.41, 5.74) is 1.00. The van der Waals surface area contributed by atoms with Gasteiger partial charge in [0.2, 0.25) is 0 Å².